The van der Waals surface area contributed by atoms with E-state index in [2.05, 4.69) is 26.1 Å². The fraction of sp³-hybridized carbons (Fsp3) is 0.846. The summed E-state index contributed by atoms with van der Waals surface area (Å²) in [4.78, 5) is 12.6. The van der Waals surface area contributed by atoms with E-state index < -0.39 is 5.41 Å². The summed E-state index contributed by atoms with van der Waals surface area (Å²) in [7, 11) is 0. The molecule has 1 aliphatic carbocycles. The van der Waals surface area contributed by atoms with Gasteiger partial charge in [0.2, 0.25) is 5.91 Å². The standard InChI is InChI=1S/C13H24N2OS/c1-12(2,3)8-9-15-11(16)13(10(14)17)6-4-5-7-13/h4-9H2,1-3H3,(H2,14,17)(H,15,16). The Bertz CT molecular complexity index is 301. The van der Waals surface area contributed by atoms with Crippen molar-refractivity contribution in [2.45, 2.75) is 52.9 Å². The molecule has 0 aromatic rings. The van der Waals surface area contributed by atoms with E-state index in [4.69, 9.17) is 18.0 Å². The van der Waals surface area contributed by atoms with Crippen LogP contribution in [0.3, 0.4) is 0 Å². The average Bonchev–Trinajstić information content (AvgIpc) is 2.64. The van der Waals surface area contributed by atoms with Crippen LogP contribution in [-0.2, 0) is 4.79 Å². The molecule has 0 heterocycles. The van der Waals surface area contributed by atoms with Crippen LogP contribution in [0.15, 0.2) is 0 Å². The Balaban J connectivity index is 2.53. The van der Waals surface area contributed by atoms with Crippen LogP contribution < -0.4 is 11.1 Å². The summed E-state index contributed by atoms with van der Waals surface area (Å²) in [5.74, 6) is 0.0340. The van der Waals surface area contributed by atoms with E-state index in [-0.39, 0.29) is 11.3 Å². The minimum absolute atomic E-state index is 0.0340. The molecule has 3 nitrogen and oxygen atoms in total. The number of carbonyl (C=O) groups excluding carboxylic acids is 1. The van der Waals surface area contributed by atoms with E-state index in [0.717, 1.165) is 32.1 Å². The molecule has 1 aliphatic rings. The first-order valence-corrected chi connectivity index (χ1v) is 6.77. The SMILES string of the molecule is CC(C)(C)CCNC(=O)C1(C(N)=S)CCCC1. The van der Waals surface area contributed by atoms with Crippen LogP contribution in [-0.4, -0.2) is 17.4 Å². The zero-order chi connectivity index (χ0) is 13.1. The van der Waals surface area contributed by atoms with Gasteiger partial charge >= 0.3 is 0 Å². The quantitative estimate of drug-likeness (QED) is 0.759. The Morgan fingerprint density at radius 2 is 1.88 bits per heavy atom. The Hall–Kier alpha value is -0.640. The highest BCUT2D eigenvalue weighted by molar-refractivity contribution is 7.80. The molecular weight excluding hydrogens is 232 g/mol. The Morgan fingerprint density at radius 1 is 1.35 bits per heavy atom. The maximum absolute atomic E-state index is 12.2. The molecule has 3 N–H and O–H groups in total. The predicted molar refractivity (Wildman–Crippen MR) is 74.8 cm³/mol. The first kappa shape index (κ1) is 14.4. The molecule has 1 fully saturated rings. The number of amides is 1. The zero-order valence-corrected chi connectivity index (χ0v) is 12.0. The molecule has 0 aliphatic heterocycles. The van der Waals surface area contributed by atoms with Crippen molar-refractivity contribution in [2.24, 2.45) is 16.6 Å². The van der Waals surface area contributed by atoms with Crippen molar-refractivity contribution in [2.75, 3.05) is 6.54 Å². The van der Waals surface area contributed by atoms with Gasteiger partial charge in [0, 0.05) is 6.54 Å². The molecule has 98 valence electrons. The minimum atomic E-state index is -0.562. The molecule has 0 atom stereocenters. The molecule has 1 rings (SSSR count). The number of hydrogen-bond acceptors (Lipinski definition) is 2. The molecule has 17 heavy (non-hydrogen) atoms. The third kappa shape index (κ3) is 3.66. The fourth-order valence-electron chi connectivity index (χ4n) is 2.28. The van der Waals surface area contributed by atoms with E-state index in [1.54, 1.807) is 0 Å². The number of nitrogens with two attached hydrogens (primary N) is 1. The summed E-state index contributed by atoms with van der Waals surface area (Å²) in [6.45, 7) is 7.20. The number of thiocarbonyl (C=S) groups is 1. The molecule has 1 amide bonds. The summed E-state index contributed by atoms with van der Waals surface area (Å²) in [5.41, 5.74) is 5.43. The van der Waals surface area contributed by atoms with Crippen LogP contribution in [0.4, 0.5) is 0 Å². The minimum Gasteiger partial charge on any atom is -0.392 e. The molecule has 0 aromatic carbocycles. The lowest BCUT2D eigenvalue weighted by Crippen LogP contribution is -2.47. The van der Waals surface area contributed by atoms with Gasteiger partial charge in [-0.3, -0.25) is 4.79 Å². The second kappa shape index (κ2) is 5.34. The summed E-state index contributed by atoms with van der Waals surface area (Å²) < 4.78 is 0. The van der Waals surface area contributed by atoms with E-state index >= 15 is 0 Å². The highest BCUT2D eigenvalue weighted by atomic mass is 32.1. The van der Waals surface area contributed by atoms with Crippen molar-refractivity contribution in [3.8, 4) is 0 Å². The third-order valence-corrected chi connectivity index (χ3v) is 3.91. The van der Waals surface area contributed by atoms with Crippen LogP contribution in [0.25, 0.3) is 0 Å². The van der Waals surface area contributed by atoms with Gasteiger partial charge in [-0.2, -0.15) is 0 Å². The van der Waals surface area contributed by atoms with Crippen LogP contribution in [0.1, 0.15) is 52.9 Å². The summed E-state index contributed by atoms with van der Waals surface area (Å²) in [6, 6.07) is 0. The molecular formula is C13H24N2OS. The summed E-state index contributed by atoms with van der Waals surface area (Å²) >= 11 is 5.08. The van der Waals surface area contributed by atoms with Crippen molar-refractivity contribution in [3.05, 3.63) is 0 Å². The Morgan fingerprint density at radius 3 is 2.29 bits per heavy atom. The second-order valence-electron chi connectivity index (χ2n) is 6.22. The molecule has 0 radical (unpaired) electrons. The van der Waals surface area contributed by atoms with E-state index in [9.17, 15) is 4.79 Å². The van der Waals surface area contributed by atoms with Gasteiger partial charge in [-0.15, -0.1) is 0 Å². The summed E-state index contributed by atoms with van der Waals surface area (Å²) in [6.07, 6.45) is 4.67. The monoisotopic (exact) mass is 256 g/mol. The fourth-order valence-corrected chi connectivity index (χ4v) is 2.58. The topological polar surface area (TPSA) is 55.1 Å². The van der Waals surface area contributed by atoms with Gasteiger partial charge in [0.05, 0.1) is 10.4 Å². The molecule has 1 saturated carbocycles. The van der Waals surface area contributed by atoms with Crippen LogP contribution in [0.5, 0.6) is 0 Å². The Kier molecular flexibility index (Phi) is 4.53. The lowest BCUT2D eigenvalue weighted by Gasteiger charge is -2.27. The predicted octanol–water partition coefficient (Wildman–Crippen LogP) is 2.39. The van der Waals surface area contributed by atoms with Crippen molar-refractivity contribution >= 4 is 23.1 Å². The lowest BCUT2D eigenvalue weighted by molar-refractivity contribution is -0.127. The van der Waals surface area contributed by atoms with Gasteiger partial charge in [0.1, 0.15) is 0 Å². The summed E-state index contributed by atoms with van der Waals surface area (Å²) in [5, 5.41) is 3.00. The van der Waals surface area contributed by atoms with Gasteiger partial charge in [-0.1, -0.05) is 45.8 Å². The van der Waals surface area contributed by atoms with Crippen molar-refractivity contribution in [3.63, 3.8) is 0 Å². The van der Waals surface area contributed by atoms with Crippen LogP contribution in [0, 0.1) is 10.8 Å². The number of hydrogen-bond donors (Lipinski definition) is 2. The largest absolute Gasteiger partial charge is 0.392 e. The van der Waals surface area contributed by atoms with Crippen molar-refractivity contribution < 1.29 is 4.79 Å². The molecule has 4 heteroatoms. The maximum atomic E-state index is 12.2. The van der Waals surface area contributed by atoms with Crippen LogP contribution in [0.2, 0.25) is 0 Å². The number of carbonyl (C=O) groups is 1. The first-order chi connectivity index (χ1) is 7.78. The smallest absolute Gasteiger partial charge is 0.233 e. The van der Waals surface area contributed by atoms with E-state index in [1.807, 2.05) is 0 Å². The van der Waals surface area contributed by atoms with Crippen molar-refractivity contribution in [1.29, 1.82) is 0 Å². The number of rotatable bonds is 4. The maximum Gasteiger partial charge on any atom is 0.233 e. The lowest BCUT2D eigenvalue weighted by atomic mass is 9.84. The first-order valence-electron chi connectivity index (χ1n) is 6.36. The highest BCUT2D eigenvalue weighted by Crippen LogP contribution is 2.38. The molecule has 0 spiro atoms. The van der Waals surface area contributed by atoms with E-state index in [0.29, 0.717) is 11.5 Å². The average molecular weight is 256 g/mol. The zero-order valence-electron chi connectivity index (χ0n) is 11.1. The molecule has 0 saturated heterocycles. The molecule has 0 bridgehead atoms. The van der Waals surface area contributed by atoms with Gasteiger partial charge in [0.15, 0.2) is 0 Å². The van der Waals surface area contributed by atoms with Crippen molar-refractivity contribution in [1.82, 2.24) is 5.32 Å². The highest BCUT2D eigenvalue weighted by Gasteiger charge is 2.43. The van der Waals surface area contributed by atoms with Gasteiger partial charge in [-0.05, 0) is 24.7 Å². The van der Waals surface area contributed by atoms with Crippen LogP contribution >= 0.6 is 12.2 Å². The van der Waals surface area contributed by atoms with Gasteiger partial charge in [0.25, 0.3) is 0 Å². The normalized spacial score (nSPS) is 19.0. The van der Waals surface area contributed by atoms with Gasteiger partial charge in [-0.25, -0.2) is 0 Å². The number of nitrogens with one attached hydrogen (secondary N) is 1. The second-order valence-corrected chi connectivity index (χ2v) is 6.66. The van der Waals surface area contributed by atoms with E-state index in [1.165, 1.54) is 0 Å². The molecule has 0 aromatic heterocycles. The third-order valence-electron chi connectivity index (χ3n) is 3.52. The Labute approximate surface area is 110 Å². The van der Waals surface area contributed by atoms with Gasteiger partial charge < -0.3 is 11.1 Å². The molecule has 0 unspecified atom stereocenters.